The Morgan fingerprint density at radius 2 is 2.07 bits per heavy atom. The van der Waals surface area contributed by atoms with Crippen molar-refractivity contribution in [3.63, 3.8) is 0 Å². The van der Waals surface area contributed by atoms with E-state index in [1.807, 2.05) is 29.6 Å². The minimum absolute atomic E-state index is 0.147. The lowest BCUT2D eigenvalue weighted by atomic mass is 10.1. The lowest BCUT2D eigenvalue weighted by molar-refractivity contribution is 0.414. The van der Waals surface area contributed by atoms with Crippen molar-refractivity contribution in [3.05, 3.63) is 56.7 Å². The Hall–Kier alpha value is -2.16. The number of hydrogen-bond donors (Lipinski definition) is 1. The molecule has 0 spiro atoms. The van der Waals surface area contributed by atoms with Gasteiger partial charge in [0.2, 0.25) is 5.89 Å². The maximum Gasteiger partial charge on any atom is 0.277 e. The van der Waals surface area contributed by atoms with Crippen LogP contribution in [0.5, 0.6) is 0 Å². The molecule has 136 valence electrons. The zero-order valence-corrected chi connectivity index (χ0v) is 16.3. The van der Waals surface area contributed by atoms with Gasteiger partial charge in [-0.3, -0.25) is 4.79 Å². The Bertz CT molecular complexity index is 1180. The molecule has 1 fully saturated rings. The van der Waals surface area contributed by atoms with Crippen LogP contribution in [0.15, 0.2) is 44.1 Å². The maximum atomic E-state index is 12.7. The lowest BCUT2D eigenvalue weighted by Gasteiger charge is -2.01. The van der Waals surface area contributed by atoms with Gasteiger partial charge in [0.1, 0.15) is 10.7 Å². The van der Waals surface area contributed by atoms with Crippen LogP contribution in [0.3, 0.4) is 0 Å². The van der Waals surface area contributed by atoms with Crippen LogP contribution in [0, 0.1) is 0 Å². The first-order chi connectivity index (χ1) is 13.2. The number of rotatable bonds is 5. The number of aromatic amines is 1. The summed E-state index contributed by atoms with van der Waals surface area (Å²) in [6, 6.07) is 7.43. The topological polar surface area (TPSA) is 84.7 Å². The summed E-state index contributed by atoms with van der Waals surface area (Å²) in [6.07, 6.45) is 2.23. The number of H-pyrrole nitrogens is 1. The quantitative estimate of drug-likeness (QED) is 0.468. The summed E-state index contributed by atoms with van der Waals surface area (Å²) in [4.78, 5) is 20.8. The van der Waals surface area contributed by atoms with E-state index >= 15 is 0 Å². The van der Waals surface area contributed by atoms with E-state index in [0.717, 1.165) is 24.0 Å². The van der Waals surface area contributed by atoms with Gasteiger partial charge in [-0.25, -0.2) is 4.98 Å². The molecular formula is C18H13ClN4O2S2. The molecule has 1 aromatic carbocycles. The van der Waals surface area contributed by atoms with E-state index in [2.05, 4.69) is 20.2 Å². The summed E-state index contributed by atoms with van der Waals surface area (Å²) in [5.74, 6) is 2.19. The van der Waals surface area contributed by atoms with Gasteiger partial charge >= 0.3 is 0 Å². The van der Waals surface area contributed by atoms with Crippen molar-refractivity contribution in [1.82, 2.24) is 20.2 Å². The standard InChI is InChI=1S/C18H13ClN4O2S2/c19-11-5-3-9(4-6-11)12-7-26-17-14(12)15(24)20-13(21-17)8-27-18-23-22-16(25-18)10-1-2-10/h3-7,10H,1-2,8H2,(H,20,21,24). The molecule has 0 unspecified atom stereocenters. The number of thioether (sulfide) groups is 1. The number of hydrogen-bond acceptors (Lipinski definition) is 7. The van der Waals surface area contributed by atoms with Gasteiger partial charge in [-0.05, 0) is 30.5 Å². The second-order valence-electron chi connectivity index (χ2n) is 6.32. The second kappa shape index (κ2) is 6.78. The zero-order chi connectivity index (χ0) is 18.4. The summed E-state index contributed by atoms with van der Waals surface area (Å²) >= 11 is 8.79. The molecule has 3 aromatic heterocycles. The molecule has 1 aliphatic rings. The summed E-state index contributed by atoms with van der Waals surface area (Å²) in [6.45, 7) is 0. The van der Waals surface area contributed by atoms with E-state index in [9.17, 15) is 4.79 Å². The Balaban J connectivity index is 1.41. The summed E-state index contributed by atoms with van der Waals surface area (Å²) in [5.41, 5.74) is 1.66. The Labute approximate surface area is 167 Å². The lowest BCUT2D eigenvalue weighted by Crippen LogP contribution is -2.10. The Morgan fingerprint density at radius 3 is 2.85 bits per heavy atom. The molecule has 0 saturated heterocycles. The predicted octanol–water partition coefficient (Wildman–Crippen LogP) is 4.86. The fraction of sp³-hybridized carbons (Fsp3) is 0.222. The van der Waals surface area contributed by atoms with Crippen LogP contribution in [0.25, 0.3) is 21.3 Å². The highest BCUT2D eigenvalue weighted by molar-refractivity contribution is 7.98. The van der Waals surface area contributed by atoms with Crippen LogP contribution in [0.4, 0.5) is 0 Å². The number of halogens is 1. The van der Waals surface area contributed by atoms with Crippen LogP contribution in [-0.2, 0) is 5.75 Å². The average Bonchev–Trinajstić information content (AvgIpc) is 3.25. The third-order valence-corrected chi connectivity index (χ3v) is 6.28. The first kappa shape index (κ1) is 17.0. The van der Waals surface area contributed by atoms with Crippen molar-refractivity contribution < 1.29 is 4.42 Å². The van der Waals surface area contributed by atoms with Crippen molar-refractivity contribution in [2.75, 3.05) is 0 Å². The molecule has 9 heteroatoms. The molecule has 3 heterocycles. The average molecular weight is 417 g/mol. The molecule has 6 nitrogen and oxygen atoms in total. The summed E-state index contributed by atoms with van der Waals surface area (Å²) in [7, 11) is 0. The van der Waals surface area contributed by atoms with Gasteiger partial charge in [0.05, 0.1) is 11.1 Å². The van der Waals surface area contributed by atoms with Crippen molar-refractivity contribution >= 4 is 44.9 Å². The van der Waals surface area contributed by atoms with Gasteiger partial charge < -0.3 is 9.40 Å². The highest BCUT2D eigenvalue weighted by Gasteiger charge is 2.29. The minimum Gasteiger partial charge on any atom is -0.416 e. The molecule has 0 bridgehead atoms. The number of aromatic nitrogens is 4. The monoisotopic (exact) mass is 416 g/mol. The molecule has 0 aliphatic heterocycles. The van der Waals surface area contributed by atoms with E-state index in [1.54, 1.807) is 0 Å². The van der Waals surface area contributed by atoms with Gasteiger partial charge in [-0.2, -0.15) is 0 Å². The Kier molecular flexibility index (Phi) is 4.26. The van der Waals surface area contributed by atoms with Crippen molar-refractivity contribution in [3.8, 4) is 11.1 Å². The highest BCUT2D eigenvalue weighted by atomic mass is 35.5. The van der Waals surface area contributed by atoms with E-state index in [-0.39, 0.29) is 5.56 Å². The first-order valence-corrected chi connectivity index (χ1v) is 10.6. The largest absolute Gasteiger partial charge is 0.416 e. The number of nitrogens with zero attached hydrogens (tertiary/aromatic N) is 3. The number of nitrogens with one attached hydrogen (secondary N) is 1. The number of thiophene rings is 1. The van der Waals surface area contributed by atoms with E-state index < -0.39 is 0 Å². The molecule has 5 rings (SSSR count). The second-order valence-corrected chi connectivity index (χ2v) is 8.54. The highest BCUT2D eigenvalue weighted by Crippen LogP contribution is 2.40. The SMILES string of the molecule is O=c1[nH]c(CSc2nnc(C3CC3)o2)nc2scc(-c3ccc(Cl)cc3)c12. The summed E-state index contributed by atoms with van der Waals surface area (Å²) in [5, 5.41) is 11.8. The molecule has 27 heavy (non-hydrogen) atoms. The molecule has 1 N–H and O–H groups in total. The van der Waals surface area contributed by atoms with Crippen molar-refractivity contribution in [2.45, 2.75) is 29.7 Å². The molecule has 0 amide bonds. The van der Waals surface area contributed by atoms with Gasteiger partial charge in [0.15, 0.2) is 0 Å². The molecule has 4 aromatic rings. The van der Waals surface area contributed by atoms with Crippen LogP contribution in [0.2, 0.25) is 5.02 Å². The van der Waals surface area contributed by atoms with Crippen LogP contribution < -0.4 is 5.56 Å². The third kappa shape index (κ3) is 3.40. The third-order valence-electron chi connectivity index (χ3n) is 4.33. The fourth-order valence-corrected chi connectivity index (χ4v) is 4.54. The maximum absolute atomic E-state index is 12.7. The molecule has 1 saturated carbocycles. The minimum atomic E-state index is -0.147. The zero-order valence-electron chi connectivity index (χ0n) is 13.9. The van der Waals surface area contributed by atoms with E-state index in [1.165, 1.54) is 23.1 Å². The first-order valence-electron chi connectivity index (χ1n) is 8.40. The van der Waals surface area contributed by atoms with Crippen LogP contribution in [0.1, 0.15) is 30.5 Å². The van der Waals surface area contributed by atoms with Gasteiger partial charge in [0.25, 0.3) is 10.8 Å². The molecule has 1 aliphatic carbocycles. The van der Waals surface area contributed by atoms with Crippen molar-refractivity contribution in [1.29, 1.82) is 0 Å². The normalized spacial score (nSPS) is 14.1. The van der Waals surface area contributed by atoms with E-state index in [0.29, 0.717) is 43.8 Å². The van der Waals surface area contributed by atoms with Gasteiger partial charge in [0, 0.05) is 21.9 Å². The predicted molar refractivity (Wildman–Crippen MR) is 107 cm³/mol. The Morgan fingerprint density at radius 1 is 1.26 bits per heavy atom. The van der Waals surface area contributed by atoms with Gasteiger partial charge in [-0.1, -0.05) is 35.5 Å². The van der Waals surface area contributed by atoms with E-state index in [4.69, 9.17) is 16.0 Å². The van der Waals surface area contributed by atoms with Crippen LogP contribution >= 0.6 is 34.7 Å². The molecule has 0 radical (unpaired) electrons. The van der Waals surface area contributed by atoms with Gasteiger partial charge in [-0.15, -0.1) is 21.5 Å². The number of fused-ring (bicyclic) bond motifs is 1. The smallest absolute Gasteiger partial charge is 0.277 e. The molecule has 0 atom stereocenters. The van der Waals surface area contributed by atoms with Crippen LogP contribution in [-0.4, -0.2) is 20.2 Å². The molecular weight excluding hydrogens is 404 g/mol. The van der Waals surface area contributed by atoms with Crippen molar-refractivity contribution in [2.24, 2.45) is 0 Å². The number of benzene rings is 1. The fourth-order valence-electron chi connectivity index (χ4n) is 2.81. The summed E-state index contributed by atoms with van der Waals surface area (Å²) < 4.78 is 5.63.